The van der Waals surface area contributed by atoms with Gasteiger partial charge in [-0.1, -0.05) is 12.1 Å². The van der Waals surface area contributed by atoms with E-state index < -0.39 is 34.2 Å². The maximum Gasteiger partial charge on any atom is 0.295 e. The van der Waals surface area contributed by atoms with E-state index in [1.807, 2.05) is 0 Å². The molecule has 0 spiro atoms. The molecule has 1 aromatic heterocycles. The van der Waals surface area contributed by atoms with Gasteiger partial charge in [0.2, 0.25) is 0 Å². The first kappa shape index (κ1) is 23.6. The Labute approximate surface area is 199 Å². The number of amides is 1. The topological polar surface area (TPSA) is 128 Å². The van der Waals surface area contributed by atoms with Crippen molar-refractivity contribution in [2.24, 2.45) is 0 Å². The Balaban J connectivity index is 1.78. The van der Waals surface area contributed by atoms with Gasteiger partial charge in [0.25, 0.3) is 17.4 Å². The number of methoxy groups -OCH3 is 1. The van der Waals surface area contributed by atoms with Crippen molar-refractivity contribution in [3.05, 3.63) is 93.8 Å². The number of ether oxygens (including phenoxy) is 1. The highest BCUT2D eigenvalue weighted by atomic mass is 19.1. The number of nitro benzene ring substituents is 1. The third-order valence-corrected chi connectivity index (χ3v) is 5.74. The SMILES string of the molecule is COc1ccc(/C(O)=C2\C(=O)C(=O)N(CCCn3ccnc3)C2c2cccc([N+](=O)[O-])c2)cc1F. The number of aliphatic hydroxyl groups excluding tert-OH is 1. The number of nitro groups is 1. The van der Waals surface area contributed by atoms with Crippen LogP contribution in [0.15, 0.2) is 66.8 Å². The van der Waals surface area contributed by atoms with Crippen molar-refractivity contribution in [2.45, 2.75) is 19.0 Å². The van der Waals surface area contributed by atoms with Crippen LogP contribution in [-0.2, 0) is 16.1 Å². The molecule has 1 unspecified atom stereocenters. The molecule has 0 saturated carbocycles. The highest BCUT2D eigenvalue weighted by Gasteiger charge is 2.46. The minimum absolute atomic E-state index is 0.0323. The predicted molar refractivity (Wildman–Crippen MR) is 122 cm³/mol. The van der Waals surface area contributed by atoms with Gasteiger partial charge >= 0.3 is 0 Å². The highest BCUT2D eigenvalue weighted by molar-refractivity contribution is 6.46. The lowest BCUT2D eigenvalue weighted by atomic mass is 9.95. The van der Waals surface area contributed by atoms with E-state index in [4.69, 9.17) is 4.74 Å². The van der Waals surface area contributed by atoms with Crippen molar-refractivity contribution in [1.29, 1.82) is 0 Å². The Morgan fingerprint density at radius 1 is 1.23 bits per heavy atom. The largest absolute Gasteiger partial charge is 0.507 e. The lowest BCUT2D eigenvalue weighted by molar-refractivity contribution is -0.384. The molecule has 0 bridgehead atoms. The second kappa shape index (κ2) is 9.75. The predicted octanol–water partition coefficient (Wildman–Crippen LogP) is 3.45. The van der Waals surface area contributed by atoms with Crippen LogP contribution in [0.1, 0.15) is 23.6 Å². The summed E-state index contributed by atoms with van der Waals surface area (Å²) in [5, 5.41) is 22.4. The molecule has 0 aliphatic carbocycles. The maximum atomic E-state index is 14.3. The molecule has 0 radical (unpaired) electrons. The molecule has 1 fully saturated rings. The summed E-state index contributed by atoms with van der Waals surface area (Å²) < 4.78 is 21.0. The number of rotatable bonds is 8. The number of carbonyl (C=O) groups is 2. The van der Waals surface area contributed by atoms with Gasteiger partial charge in [0.05, 0.1) is 30.0 Å². The lowest BCUT2D eigenvalue weighted by Gasteiger charge is -2.25. The van der Waals surface area contributed by atoms with E-state index in [1.54, 1.807) is 23.3 Å². The molecule has 1 atom stereocenters. The fourth-order valence-electron chi connectivity index (χ4n) is 4.08. The molecule has 180 valence electrons. The summed E-state index contributed by atoms with van der Waals surface area (Å²) in [6, 6.07) is 8.05. The quantitative estimate of drug-likeness (QED) is 0.172. The van der Waals surface area contributed by atoms with Crippen molar-refractivity contribution in [3.8, 4) is 5.75 Å². The normalized spacial score (nSPS) is 17.1. The van der Waals surface area contributed by atoms with Crippen LogP contribution in [0.2, 0.25) is 0 Å². The van der Waals surface area contributed by atoms with Crippen molar-refractivity contribution in [2.75, 3.05) is 13.7 Å². The third kappa shape index (κ3) is 4.60. The number of carbonyl (C=O) groups excluding carboxylic acids is 2. The van der Waals surface area contributed by atoms with Crippen molar-refractivity contribution >= 4 is 23.1 Å². The summed E-state index contributed by atoms with van der Waals surface area (Å²) in [5.74, 6) is -3.23. The summed E-state index contributed by atoms with van der Waals surface area (Å²) in [7, 11) is 1.29. The van der Waals surface area contributed by atoms with Gasteiger partial charge in [0.1, 0.15) is 5.76 Å². The van der Waals surface area contributed by atoms with Gasteiger partial charge in [-0.25, -0.2) is 9.37 Å². The molecule has 10 nitrogen and oxygen atoms in total. The van der Waals surface area contributed by atoms with Crippen LogP contribution in [0.5, 0.6) is 5.75 Å². The zero-order valence-corrected chi connectivity index (χ0v) is 18.6. The van der Waals surface area contributed by atoms with E-state index in [1.165, 1.54) is 48.4 Å². The van der Waals surface area contributed by atoms with Crippen LogP contribution in [-0.4, -0.2) is 49.8 Å². The Morgan fingerprint density at radius 2 is 2.03 bits per heavy atom. The number of non-ortho nitro benzene ring substituents is 1. The van der Waals surface area contributed by atoms with Crippen LogP contribution in [0.3, 0.4) is 0 Å². The molecule has 2 heterocycles. The first-order valence-electron chi connectivity index (χ1n) is 10.6. The molecule has 1 amide bonds. The van der Waals surface area contributed by atoms with Gasteiger partial charge in [-0.2, -0.15) is 0 Å². The molecule has 1 aliphatic rings. The molecule has 4 rings (SSSR count). The van der Waals surface area contributed by atoms with Gasteiger partial charge in [-0.05, 0) is 30.2 Å². The molecule has 1 aliphatic heterocycles. The monoisotopic (exact) mass is 480 g/mol. The summed E-state index contributed by atoms with van der Waals surface area (Å²) in [5.41, 5.74) is -0.267. The van der Waals surface area contributed by atoms with Gasteiger partial charge in [-0.15, -0.1) is 0 Å². The summed E-state index contributed by atoms with van der Waals surface area (Å²) in [6.07, 6.45) is 5.43. The second-order valence-corrected chi connectivity index (χ2v) is 7.85. The molecule has 1 saturated heterocycles. The average molecular weight is 480 g/mol. The number of hydrogen-bond acceptors (Lipinski definition) is 7. The summed E-state index contributed by atoms with van der Waals surface area (Å²) in [6.45, 7) is 0.637. The average Bonchev–Trinajstić information content (AvgIpc) is 3.46. The number of halogens is 1. The van der Waals surface area contributed by atoms with Crippen molar-refractivity contribution in [1.82, 2.24) is 14.5 Å². The highest BCUT2D eigenvalue weighted by Crippen LogP contribution is 2.40. The van der Waals surface area contributed by atoms with E-state index in [0.29, 0.717) is 13.0 Å². The van der Waals surface area contributed by atoms with E-state index in [0.717, 1.165) is 6.07 Å². The fraction of sp³-hybridized carbons (Fsp3) is 0.208. The number of nitrogens with zero attached hydrogens (tertiary/aromatic N) is 4. The Morgan fingerprint density at radius 3 is 2.69 bits per heavy atom. The van der Waals surface area contributed by atoms with E-state index in [-0.39, 0.29) is 34.7 Å². The van der Waals surface area contributed by atoms with Gasteiger partial charge < -0.3 is 19.3 Å². The van der Waals surface area contributed by atoms with Crippen LogP contribution in [0, 0.1) is 15.9 Å². The minimum atomic E-state index is -1.09. The second-order valence-electron chi connectivity index (χ2n) is 7.85. The molecule has 1 N–H and O–H groups in total. The maximum absolute atomic E-state index is 14.3. The van der Waals surface area contributed by atoms with Crippen LogP contribution in [0.25, 0.3) is 5.76 Å². The number of imidazole rings is 1. The first-order valence-corrected chi connectivity index (χ1v) is 10.6. The lowest BCUT2D eigenvalue weighted by Crippen LogP contribution is -2.31. The number of Topliss-reactive ketones (excluding diaryl/α,β-unsaturated/α-hetero) is 1. The van der Waals surface area contributed by atoms with Crippen LogP contribution < -0.4 is 4.74 Å². The van der Waals surface area contributed by atoms with Gasteiger partial charge in [-0.3, -0.25) is 19.7 Å². The first-order chi connectivity index (χ1) is 16.8. The molecule has 2 aromatic carbocycles. The fourth-order valence-corrected chi connectivity index (χ4v) is 4.08. The van der Waals surface area contributed by atoms with Crippen LogP contribution >= 0.6 is 0 Å². The van der Waals surface area contributed by atoms with Crippen LogP contribution in [0.4, 0.5) is 10.1 Å². The smallest absolute Gasteiger partial charge is 0.295 e. The number of likely N-dealkylation sites (tertiary alicyclic amines) is 1. The number of ketones is 1. The zero-order chi connectivity index (χ0) is 25.1. The minimum Gasteiger partial charge on any atom is -0.507 e. The van der Waals surface area contributed by atoms with E-state index in [2.05, 4.69) is 4.98 Å². The van der Waals surface area contributed by atoms with Crippen molar-refractivity contribution in [3.63, 3.8) is 0 Å². The number of hydrogen-bond donors (Lipinski definition) is 1. The Hall–Kier alpha value is -4.54. The van der Waals surface area contributed by atoms with E-state index in [9.17, 15) is 29.2 Å². The number of aromatic nitrogens is 2. The summed E-state index contributed by atoms with van der Waals surface area (Å²) >= 11 is 0. The molecular weight excluding hydrogens is 459 g/mol. The summed E-state index contributed by atoms with van der Waals surface area (Å²) in [4.78, 5) is 42.0. The number of aryl methyl sites for hydroxylation is 1. The zero-order valence-electron chi connectivity index (χ0n) is 18.6. The number of aliphatic hydroxyl groups is 1. The Kier molecular flexibility index (Phi) is 6.58. The molecule has 35 heavy (non-hydrogen) atoms. The van der Waals surface area contributed by atoms with Gasteiger partial charge in [0, 0.05) is 43.2 Å². The van der Waals surface area contributed by atoms with Crippen molar-refractivity contribution < 1.29 is 28.7 Å². The standard InChI is InChI=1S/C24H21FN4O6/c1-35-19-7-6-16(13-18(19)25)22(30)20-21(15-4-2-5-17(12-15)29(33)34)28(24(32)23(20)31)10-3-9-27-11-8-26-14-27/h2,4-8,11-14,21,30H,3,9-10H2,1H3/b22-20+. The van der Waals surface area contributed by atoms with Gasteiger partial charge in [0.15, 0.2) is 11.6 Å². The number of benzene rings is 2. The van der Waals surface area contributed by atoms with E-state index >= 15 is 0 Å². The third-order valence-electron chi connectivity index (χ3n) is 5.74. The Bertz CT molecular complexity index is 1320. The molecule has 3 aromatic rings. The molecule has 11 heteroatoms. The molecular formula is C24H21FN4O6.